The molecule has 2 heterocycles. The average molecular weight is 353 g/mol. The number of rotatable bonds is 5. The molecule has 1 aliphatic rings. The molecule has 2 rings (SSSR count). The third-order valence-corrected chi connectivity index (χ3v) is 4.48. The van der Waals surface area contributed by atoms with Crippen LogP contribution in [0.25, 0.3) is 0 Å². The Labute approximate surface area is 133 Å². The van der Waals surface area contributed by atoms with Gasteiger partial charge in [-0.05, 0) is 41.7 Å². The number of halogens is 1. The Hall–Kier alpha value is -1.32. The number of piperidine rings is 1. The molecule has 0 spiro atoms. The maximum absolute atomic E-state index is 12.1. The van der Waals surface area contributed by atoms with E-state index < -0.39 is 0 Å². The Morgan fingerprint density at radius 3 is 2.86 bits per heavy atom. The summed E-state index contributed by atoms with van der Waals surface area (Å²) in [6.07, 6.45) is 10.2. The lowest BCUT2D eigenvalue weighted by Gasteiger charge is -2.32. The fourth-order valence-electron chi connectivity index (χ4n) is 2.60. The molecule has 0 saturated carbocycles. The molecule has 0 aromatic carbocycles. The van der Waals surface area contributed by atoms with Gasteiger partial charge in [0.05, 0.1) is 11.9 Å². The molecule has 1 N–H and O–H groups in total. The van der Waals surface area contributed by atoms with E-state index in [4.69, 9.17) is 6.42 Å². The third kappa shape index (κ3) is 4.08. The van der Waals surface area contributed by atoms with Gasteiger partial charge in [0.15, 0.2) is 0 Å². The van der Waals surface area contributed by atoms with Crippen molar-refractivity contribution in [1.29, 1.82) is 0 Å². The van der Waals surface area contributed by atoms with Crippen molar-refractivity contribution in [3.05, 3.63) is 21.0 Å². The second-order valence-corrected chi connectivity index (χ2v) is 6.09. The van der Waals surface area contributed by atoms with Crippen molar-refractivity contribution in [1.82, 2.24) is 14.7 Å². The van der Waals surface area contributed by atoms with Gasteiger partial charge in [-0.25, -0.2) is 4.68 Å². The first-order valence-electron chi connectivity index (χ1n) is 7.33. The Morgan fingerprint density at radius 2 is 2.24 bits per heavy atom. The molecule has 1 aromatic rings. The maximum atomic E-state index is 12.1. The number of nitrogens with zero attached hydrogens (tertiary/aromatic N) is 3. The van der Waals surface area contributed by atoms with Gasteiger partial charge < -0.3 is 10.2 Å². The Kier molecular flexibility index (Phi) is 5.83. The predicted octanol–water partition coefficient (Wildman–Crippen LogP) is 1.93. The summed E-state index contributed by atoms with van der Waals surface area (Å²) in [6.45, 7) is 5.76. The molecule has 0 bridgehead atoms. The topological polar surface area (TPSA) is 50.2 Å². The van der Waals surface area contributed by atoms with Crippen LogP contribution in [0.2, 0.25) is 0 Å². The van der Waals surface area contributed by atoms with E-state index in [1.807, 2.05) is 0 Å². The fourth-order valence-corrected chi connectivity index (χ4v) is 3.02. The van der Waals surface area contributed by atoms with Crippen LogP contribution in [0.5, 0.6) is 0 Å². The maximum Gasteiger partial charge on any atom is 0.284 e. The molecule has 1 fully saturated rings. The van der Waals surface area contributed by atoms with Crippen LogP contribution >= 0.6 is 15.9 Å². The van der Waals surface area contributed by atoms with Crippen LogP contribution in [0.15, 0.2) is 15.5 Å². The highest BCUT2D eigenvalue weighted by molar-refractivity contribution is 9.10. The van der Waals surface area contributed by atoms with Crippen molar-refractivity contribution < 1.29 is 0 Å². The van der Waals surface area contributed by atoms with Gasteiger partial charge >= 0.3 is 0 Å². The number of anilines is 1. The first kappa shape index (κ1) is 16.1. The lowest BCUT2D eigenvalue weighted by atomic mass is 10.0. The summed E-state index contributed by atoms with van der Waals surface area (Å²) >= 11 is 3.35. The molecule has 21 heavy (non-hydrogen) atoms. The second kappa shape index (κ2) is 7.62. The number of likely N-dealkylation sites (tertiary alicyclic amines) is 1. The van der Waals surface area contributed by atoms with Gasteiger partial charge in [-0.15, -0.1) is 6.42 Å². The van der Waals surface area contributed by atoms with E-state index in [0.29, 0.717) is 10.5 Å². The van der Waals surface area contributed by atoms with Gasteiger partial charge in [0.1, 0.15) is 11.0 Å². The van der Waals surface area contributed by atoms with E-state index in [9.17, 15) is 4.79 Å². The molecule has 1 saturated heterocycles. The number of hydrogen-bond donors (Lipinski definition) is 1. The van der Waals surface area contributed by atoms with Crippen molar-refractivity contribution in [3.8, 4) is 12.3 Å². The highest BCUT2D eigenvalue weighted by Crippen LogP contribution is 2.21. The summed E-state index contributed by atoms with van der Waals surface area (Å²) < 4.78 is 1.78. The molecule has 114 valence electrons. The summed E-state index contributed by atoms with van der Waals surface area (Å²) in [6, 6.07) is 0.388. The third-order valence-electron chi connectivity index (χ3n) is 3.71. The zero-order valence-electron chi connectivity index (χ0n) is 12.3. The van der Waals surface area contributed by atoms with Crippen molar-refractivity contribution in [2.45, 2.75) is 38.8 Å². The molecule has 0 atom stereocenters. The molecule has 6 heteroatoms. The van der Waals surface area contributed by atoms with Gasteiger partial charge in [0, 0.05) is 19.1 Å². The predicted molar refractivity (Wildman–Crippen MR) is 88.4 cm³/mol. The van der Waals surface area contributed by atoms with Crippen LogP contribution in [-0.2, 0) is 6.54 Å². The van der Waals surface area contributed by atoms with Crippen LogP contribution in [0.3, 0.4) is 0 Å². The Bertz CT molecular complexity index is 570. The molecule has 1 aliphatic heterocycles. The molecular formula is C15H21BrN4O. The molecule has 0 radical (unpaired) electrons. The largest absolute Gasteiger partial charge is 0.380 e. The van der Waals surface area contributed by atoms with Crippen molar-refractivity contribution >= 4 is 21.6 Å². The number of terminal acetylenes is 1. The molecule has 0 amide bonds. The van der Waals surface area contributed by atoms with Crippen molar-refractivity contribution in [3.63, 3.8) is 0 Å². The normalized spacial score (nSPS) is 16.6. The molecule has 0 aliphatic carbocycles. The minimum Gasteiger partial charge on any atom is -0.380 e. The second-order valence-electron chi connectivity index (χ2n) is 5.30. The lowest BCUT2D eigenvalue weighted by Crippen LogP contribution is -2.39. The van der Waals surface area contributed by atoms with Crippen LogP contribution in [0, 0.1) is 12.3 Å². The quantitative estimate of drug-likeness (QED) is 0.822. The van der Waals surface area contributed by atoms with E-state index in [0.717, 1.165) is 31.6 Å². The van der Waals surface area contributed by atoms with E-state index in [-0.39, 0.29) is 12.1 Å². The Balaban J connectivity index is 2.00. The van der Waals surface area contributed by atoms with E-state index in [1.54, 1.807) is 6.20 Å². The highest BCUT2D eigenvalue weighted by Gasteiger charge is 2.19. The summed E-state index contributed by atoms with van der Waals surface area (Å²) in [7, 11) is 0. The van der Waals surface area contributed by atoms with Gasteiger partial charge in [-0.2, -0.15) is 5.10 Å². The summed E-state index contributed by atoms with van der Waals surface area (Å²) in [5, 5.41) is 7.52. The van der Waals surface area contributed by atoms with Gasteiger partial charge in [-0.1, -0.05) is 12.8 Å². The van der Waals surface area contributed by atoms with Crippen LogP contribution in [0.4, 0.5) is 5.69 Å². The van der Waals surface area contributed by atoms with E-state index in [1.165, 1.54) is 17.6 Å². The Morgan fingerprint density at radius 1 is 1.52 bits per heavy atom. The molecule has 1 aromatic heterocycles. The monoisotopic (exact) mass is 352 g/mol. The standard InChI is InChI=1S/C15H21BrN4O/c1-3-7-19-9-5-12(6-10-19)18-13-11-17-20(8-4-2)15(21)14(13)16/h2,11-12,18H,3,5-10H2,1H3. The minimum absolute atomic E-state index is 0.188. The summed E-state index contributed by atoms with van der Waals surface area (Å²) in [5.41, 5.74) is 0.559. The van der Waals surface area contributed by atoms with Crippen LogP contribution in [0.1, 0.15) is 26.2 Å². The lowest BCUT2D eigenvalue weighted by molar-refractivity contribution is 0.219. The average Bonchev–Trinajstić information content (AvgIpc) is 2.49. The van der Waals surface area contributed by atoms with Crippen LogP contribution in [-0.4, -0.2) is 40.4 Å². The van der Waals surface area contributed by atoms with Gasteiger partial charge in [-0.3, -0.25) is 4.79 Å². The summed E-state index contributed by atoms with van der Waals surface area (Å²) in [4.78, 5) is 14.6. The van der Waals surface area contributed by atoms with Gasteiger partial charge in [0.25, 0.3) is 5.56 Å². The van der Waals surface area contributed by atoms with Crippen molar-refractivity contribution in [2.24, 2.45) is 0 Å². The minimum atomic E-state index is -0.193. The first-order valence-corrected chi connectivity index (χ1v) is 8.13. The van der Waals surface area contributed by atoms with Gasteiger partial charge in [0.2, 0.25) is 0 Å². The SMILES string of the molecule is C#CCn1ncc(NC2CCN(CCC)CC2)c(Br)c1=O. The molecular weight excluding hydrogens is 332 g/mol. The molecule has 5 nitrogen and oxygen atoms in total. The van der Waals surface area contributed by atoms with E-state index in [2.05, 4.69) is 44.1 Å². The fraction of sp³-hybridized carbons (Fsp3) is 0.600. The highest BCUT2D eigenvalue weighted by atomic mass is 79.9. The van der Waals surface area contributed by atoms with E-state index >= 15 is 0 Å². The number of aromatic nitrogens is 2. The number of nitrogens with one attached hydrogen (secondary N) is 1. The first-order chi connectivity index (χ1) is 10.2. The molecule has 0 unspecified atom stereocenters. The summed E-state index contributed by atoms with van der Waals surface area (Å²) in [5.74, 6) is 2.42. The zero-order chi connectivity index (χ0) is 15.2. The van der Waals surface area contributed by atoms with Crippen molar-refractivity contribution in [2.75, 3.05) is 25.0 Å². The smallest absolute Gasteiger partial charge is 0.284 e. The number of hydrogen-bond acceptors (Lipinski definition) is 4. The zero-order valence-corrected chi connectivity index (χ0v) is 13.9. The van der Waals surface area contributed by atoms with Crippen LogP contribution < -0.4 is 10.9 Å².